The van der Waals surface area contributed by atoms with E-state index in [4.69, 9.17) is 0 Å². The van der Waals surface area contributed by atoms with E-state index in [1.54, 1.807) is 0 Å². The molecule has 0 N–H and O–H groups in total. The van der Waals surface area contributed by atoms with Crippen molar-refractivity contribution < 1.29 is 9.53 Å². The van der Waals surface area contributed by atoms with E-state index < -0.39 is 0 Å². The third-order valence-electron chi connectivity index (χ3n) is 4.88. The fourth-order valence-corrected chi connectivity index (χ4v) is 2.84. The van der Waals surface area contributed by atoms with Gasteiger partial charge in [-0.15, -0.1) is 0 Å². The van der Waals surface area contributed by atoms with Crippen LogP contribution in [0.3, 0.4) is 0 Å². The second-order valence-corrected chi connectivity index (χ2v) is 7.22. The van der Waals surface area contributed by atoms with Gasteiger partial charge in [0.05, 0.1) is 7.11 Å². The Hall–Kier alpha value is -0.790. The summed E-state index contributed by atoms with van der Waals surface area (Å²) in [5.74, 6) is 0.773. The summed E-state index contributed by atoms with van der Waals surface area (Å²) in [5.41, 5.74) is 0. The summed E-state index contributed by atoms with van der Waals surface area (Å²) < 4.78 is 4.64. The molecule has 24 heavy (non-hydrogen) atoms. The lowest BCUT2D eigenvalue weighted by molar-refractivity contribution is -0.140. The minimum absolute atomic E-state index is 0.0685. The molecule has 0 saturated heterocycles. The van der Waals surface area contributed by atoms with Crippen LogP contribution < -0.4 is 0 Å². The molecule has 142 valence electrons. The Morgan fingerprint density at radius 2 is 1.33 bits per heavy atom. The lowest BCUT2D eigenvalue weighted by Gasteiger charge is -2.03. The van der Waals surface area contributed by atoms with Gasteiger partial charge in [-0.1, -0.05) is 90.2 Å². The van der Waals surface area contributed by atoms with Crippen LogP contribution in [-0.4, -0.2) is 13.1 Å². The Kier molecular flexibility index (Phi) is 17.9. The number of ether oxygens (including phenoxy) is 1. The van der Waals surface area contributed by atoms with Crippen molar-refractivity contribution in [3.8, 4) is 0 Å². The van der Waals surface area contributed by atoms with Gasteiger partial charge in [-0.2, -0.15) is 0 Å². The number of carbonyl (C=O) groups excluding carboxylic acids is 1. The van der Waals surface area contributed by atoms with E-state index in [9.17, 15) is 4.79 Å². The highest BCUT2D eigenvalue weighted by Crippen LogP contribution is 2.13. The van der Waals surface area contributed by atoms with Gasteiger partial charge in [0, 0.05) is 6.42 Å². The number of unbranched alkanes of at least 4 members (excludes halogenated alkanes) is 11. The number of methoxy groups -OCH3 is 1. The molecule has 0 heterocycles. The highest BCUT2D eigenvalue weighted by atomic mass is 16.5. The molecule has 1 atom stereocenters. The second kappa shape index (κ2) is 18.5. The average Bonchev–Trinajstić information content (AvgIpc) is 2.60. The lowest BCUT2D eigenvalue weighted by atomic mass is 10.0. The fourth-order valence-electron chi connectivity index (χ4n) is 2.84. The summed E-state index contributed by atoms with van der Waals surface area (Å²) in [6.07, 6.45) is 23.6. The molecule has 0 aromatic heterocycles. The predicted octanol–water partition coefficient (Wildman–Crippen LogP) is 7.22. The van der Waals surface area contributed by atoms with Crippen molar-refractivity contribution in [2.75, 3.05) is 7.11 Å². The molecule has 0 amide bonds. The van der Waals surface area contributed by atoms with Crippen molar-refractivity contribution in [1.82, 2.24) is 0 Å². The SMILES string of the molecule is CC[C@@H](C)C/C=C/CCCCCCCCCCCCCC(=O)OC. The minimum atomic E-state index is -0.0685. The van der Waals surface area contributed by atoms with Crippen molar-refractivity contribution in [1.29, 1.82) is 0 Å². The molecule has 0 unspecified atom stereocenters. The van der Waals surface area contributed by atoms with Crippen LogP contribution in [0.4, 0.5) is 0 Å². The zero-order valence-electron chi connectivity index (χ0n) is 16.7. The van der Waals surface area contributed by atoms with Crippen LogP contribution in [-0.2, 0) is 9.53 Å². The van der Waals surface area contributed by atoms with Crippen molar-refractivity contribution >= 4 is 5.97 Å². The van der Waals surface area contributed by atoms with Crippen LogP contribution in [0.25, 0.3) is 0 Å². The van der Waals surface area contributed by atoms with Gasteiger partial charge in [0.2, 0.25) is 0 Å². The van der Waals surface area contributed by atoms with E-state index in [0.717, 1.165) is 12.3 Å². The maximum atomic E-state index is 11.0. The first-order chi connectivity index (χ1) is 11.7. The zero-order chi connectivity index (χ0) is 17.9. The Balaban J connectivity index is 3.11. The van der Waals surface area contributed by atoms with Gasteiger partial charge in [0.1, 0.15) is 0 Å². The first kappa shape index (κ1) is 23.2. The molecule has 2 nitrogen and oxygen atoms in total. The molecule has 0 radical (unpaired) electrons. The van der Waals surface area contributed by atoms with Gasteiger partial charge in [-0.25, -0.2) is 0 Å². The average molecular weight is 339 g/mol. The van der Waals surface area contributed by atoms with Gasteiger partial charge >= 0.3 is 5.97 Å². The first-order valence-corrected chi connectivity index (χ1v) is 10.4. The zero-order valence-corrected chi connectivity index (χ0v) is 16.7. The Morgan fingerprint density at radius 3 is 1.83 bits per heavy atom. The number of allylic oxidation sites excluding steroid dienone is 2. The predicted molar refractivity (Wildman–Crippen MR) is 105 cm³/mol. The van der Waals surface area contributed by atoms with Gasteiger partial charge in [-0.3, -0.25) is 4.79 Å². The monoisotopic (exact) mass is 338 g/mol. The standard InChI is InChI=1S/C22H42O2/c1-4-21(2)19-17-15-13-11-9-7-5-6-8-10-12-14-16-18-20-22(23)24-3/h15,17,21H,4-14,16,18-20H2,1-3H3/b17-15+/t21-/m1/s1. The molecule has 0 saturated carbocycles. The Bertz CT molecular complexity index is 296. The molecule has 0 bridgehead atoms. The number of rotatable bonds is 17. The quantitative estimate of drug-likeness (QED) is 0.159. The van der Waals surface area contributed by atoms with E-state index in [0.29, 0.717) is 6.42 Å². The molecule has 0 rings (SSSR count). The molecule has 0 aliphatic heterocycles. The third kappa shape index (κ3) is 17.6. The van der Waals surface area contributed by atoms with Crippen LogP contribution in [0.15, 0.2) is 12.2 Å². The smallest absolute Gasteiger partial charge is 0.305 e. The van der Waals surface area contributed by atoms with E-state index in [1.165, 1.54) is 90.6 Å². The summed E-state index contributed by atoms with van der Waals surface area (Å²) in [5, 5.41) is 0. The van der Waals surface area contributed by atoms with E-state index in [1.807, 2.05) is 0 Å². The minimum Gasteiger partial charge on any atom is -0.469 e. The molecule has 0 spiro atoms. The number of esters is 1. The maximum absolute atomic E-state index is 11.0. The van der Waals surface area contributed by atoms with E-state index in [-0.39, 0.29) is 5.97 Å². The van der Waals surface area contributed by atoms with Crippen molar-refractivity contribution in [3.05, 3.63) is 12.2 Å². The topological polar surface area (TPSA) is 26.3 Å². The van der Waals surface area contributed by atoms with Gasteiger partial charge < -0.3 is 4.74 Å². The van der Waals surface area contributed by atoms with Crippen molar-refractivity contribution in [2.45, 2.75) is 110 Å². The molecule has 0 aliphatic rings. The largest absolute Gasteiger partial charge is 0.469 e. The molecule has 0 aliphatic carbocycles. The van der Waals surface area contributed by atoms with E-state index >= 15 is 0 Å². The highest BCUT2D eigenvalue weighted by Gasteiger charge is 1.99. The molecular weight excluding hydrogens is 296 g/mol. The van der Waals surface area contributed by atoms with Gasteiger partial charge in [0.25, 0.3) is 0 Å². The normalized spacial score (nSPS) is 12.6. The number of hydrogen-bond acceptors (Lipinski definition) is 2. The van der Waals surface area contributed by atoms with Crippen LogP contribution in [0, 0.1) is 5.92 Å². The molecular formula is C22H42O2. The van der Waals surface area contributed by atoms with Crippen LogP contribution in [0.1, 0.15) is 110 Å². The summed E-state index contributed by atoms with van der Waals surface area (Å²) in [6, 6.07) is 0. The number of carbonyl (C=O) groups is 1. The van der Waals surface area contributed by atoms with Crippen molar-refractivity contribution in [3.63, 3.8) is 0 Å². The van der Waals surface area contributed by atoms with Gasteiger partial charge in [0.15, 0.2) is 0 Å². The summed E-state index contributed by atoms with van der Waals surface area (Å²) in [6.45, 7) is 4.59. The van der Waals surface area contributed by atoms with Gasteiger partial charge in [-0.05, 0) is 31.6 Å². The van der Waals surface area contributed by atoms with Crippen LogP contribution in [0.5, 0.6) is 0 Å². The maximum Gasteiger partial charge on any atom is 0.305 e. The third-order valence-corrected chi connectivity index (χ3v) is 4.88. The molecule has 0 fully saturated rings. The summed E-state index contributed by atoms with van der Waals surface area (Å²) >= 11 is 0. The lowest BCUT2D eigenvalue weighted by Crippen LogP contribution is -1.99. The molecule has 2 heteroatoms. The second-order valence-electron chi connectivity index (χ2n) is 7.22. The van der Waals surface area contributed by atoms with E-state index in [2.05, 4.69) is 30.7 Å². The van der Waals surface area contributed by atoms with Crippen molar-refractivity contribution in [2.24, 2.45) is 5.92 Å². The first-order valence-electron chi connectivity index (χ1n) is 10.4. The van der Waals surface area contributed by atoms with Crippen LogP contribution in [0.2, 0.25) is 0 Å². The van der Waals surface area contributed by atoms with Crippen LogP contribution >= 0.6 is 0 Å². The molecule has 0 aromatic carbocycles. The summed E-state index contributed by atoms with van der Waals surface area (Å²) in [4.78, 5) is 11.0. The number of hydrogen-bond donors (Lipinski definition) is 0. The Morgan fingerprint density at radius 1 is 0.833 bits per heavy atom. The summed E-state index contributed by atoms with van der Waals surface area (Å²) in [7, 11) is 1.47. The Labute approximate surface area is 151 Å². The molecule has 0 aromatic rings. The highest BCUT2D eigenvalue weighted by molar-refractivity contribution is 5.68. The fraction of sp³-hybridized carbons (Fsp3) is 0.864.